The first kappa shape index (κ1) is 20.0. The molecule has 0 spiro atoms. The summed E-state index contributed by atoms with van der Waals surface area (Å²) in [4.78, 5) is 30.9. The number of likely N-dealkylation sites (tertiary alicyclic amines) is 1. The molecular weight excluding hydrogens is 352 g/mol. The number of piperidine rings is 1. The monoisotopic (exact) mass is 380 g/mol. The minimum absolute atomic E-state index is 0.210. The number of amides is 2. The maximum Gasteiger partial charge on any atom is 0.313 e. The van der Waals surface area contributed by atoms with E-state index in [0.29, 0.717) is 18.3 Å². The molecule has 0 saturated carbocycles. The Kier molecular flexibility index (Phi) is 6.76. The Hall–Kier alpha value is -2.73. The summed E-state index contributed by atoms with van der Waals surface area (Å²) >= 11 is 0. The summed E-state index contributed by atoms with van der Waals surface area (Å²) < 4.78 is 0. The number of anilines is 1. The van der Waals surface area contributed by atoms with Crippen LogP contribution < -0.4 is 10.6 Å². The maximum absolute atomic E-state index is 12.3. The largest absolute Gasteiger partial charge is 0.346 e. The molecule has 0 bridgehead atoms. The summed E-state index contributed by atoms with van der Waals surface area (Å²) in [6, 6.07) is 11.9. The second-order valence-corrected chi connectivity index (χ2v) is 7.41. The van der Waals surface area contributed by atoms with Crippen molar-refractivity contribution in [2.75, 3.05) is 18.4 Å². The van der Waals surface area contributed by atoms with Crippen molar-refractivity contribution in [3.05, 3.63) is 48.8 Å². The Morgan fingerprint density at radius 3 is 2.68 bits per heavy atom. The van der Waals surface area contributed by atoms with Gasteiger partial charge < -0.3 is 10.6 Å². The van der Waals surface area contributed by atoms with Gasteiger partial charge in [0.15, 0.2) is 0 Å². The van der Waals surface area contributed by atoms with Crippen molar-refractivity contribution in [2.24, 2.45) is 0 Å². The molecule has 1 aliphatic heterocycles. The Morgan fingerprint density at radius 1 is 1.14 bits per heavy atom. The molecule has 2 atom stereocenters. The van der Waals surface area contributed by atoms with E-state index in [4.69, 9.17) is 0 Å². The van der Waals surface area contributed by atoms with Gasteiger partial charge in [0.1, 0.15) is 0 Å². The summed E-state index contributed by atoms with van der Waals surface area (Å²) in [6.45, 7) is 5.83. The van der Waals surface area contributed by atoms with Crippen molar-refractivity contribution in [1.82, 2.24) is 15.2 Å². The number of nitrogens with one attached hydrogen (secondary N) is 2. The summed E-state index contributed by atoms with van der Waals surface area (Å²) in [6.07, 6.45) is 7.08. The van der Waals surface area contributed by atoms with E-state index in [1.54, 1.807) is 18.5 Å². The summed E-state index contributed by atoms with van der Waals surface area (Å²) in [5.74, 6) is -1.25. The highest BCUT2D eigenvalue weighted by atomic mass is 16.2. The van der Waals surface area contributed by atoms with Crippen molar-refractivity contribution in [3.8, 4) is 11.1 Å². The van der Waals surface area contributed by atoms with Gasteiger partial charge in [-0.2, -0.15) is 0 Å². The highest BCUT2D eigenvalue weighted by Crippen LogP contribution is 2.22. The first-order chi connectivity index (χ1) is 13.5. The van der Waals surface area contributed by atoms with Crippen molar-refractivity contribution in [2.45, 2.75) is 45.2 Å². The molecule has 28 heavy (non-hydrogen) atoms. The first-order valence-corrected chi connectivity index (χ1v) is 9.90. The fourth-order valence-corrected chi connectivity index (χ4v) is 3.72. The summed E-state index contributed by atoms with van der Waals surface area (Å²) in [7, 11) is 0. The topological polar surface area (TPSA) is 74.3 Å². The Bertz CT molecular complexity index is 809. The molecule has 3 rings (SSSR count). The number of carbonyl (C=O) groups excluding carboxylic acids is 2. The molecule has 2 unspecified atom stereocenters. The zero-order valence-corrected chi connectivity index (χ0v) is 16.5. The predicted octanol–water partition coefficient (Wildman–Crippen LogP) is 3.07. The standard InChI is InChI=1S/C22H28N4O2/c1-16-6-3-4-13-26(16)17(2)15-24-21(27)22(28)25-20-8-5-7-19(14-20)18-9-11-23-12-10-18/h5,7-12,14,16-17H,3-4,6,13,15H2,1-2H3,(H,24,27)(H,25,28). The number of carbonyl (C=O) groups is 2. The van der Waals surface area contributed by atoms with E-state index < -0.39 is 11.8 Å². The number of nitrogens with zero attached hydrogens (tertiary/aromatic N) is 2. The number of benzene rings is 1. The van der Waals surface area contributed by atoms with Gasteiger partial charge in [0, 0.05) is 36.7 Å². The lowest BCUT2D eigenvalue weighted by molar-refractivity contribution is -0.136. The molecule has 1 fully saturated rings. The van der Waals surface area contributed by atoms with E-state index in [2.05, 4.69) is 34.4 Å². The van der Waals surface area contributed by atoms with E-state index >= 15 is 0 Å². The van der Waals surface area contributed by atoms with Gasteiger partial charge in [0.05, 0.1) is 0 Å². The van der Waals surface area contributed by atoms with Crippen LogP contribution in [0.5, 0.6) is 0 Å². The van der Waals surface area contributed by atoms with Crippen molar-refractivity contribution in [1.29, 1.82) is 0 Å². The Morgan fingerprint density at radius 2 is 1.93 bits per heavy atom. The molecule has 6 nitrogen and oxygen atoms in total. The first-order valence-electron chi connectivity index (χ1n) is 9.90. The predicted molar refractivity (Wildman–Crippen MR) is 111 cm³/mol. The number of pyridine rings is 1. The zero-order chi connectivity index (χ0) is 19.9. The van der Waals surface area contributed by atoms with Crippen LogP contribution in [0.3, 0.4) is 0 Å². The van der Waals surface area contributed by atoms with Gasteiger partial charge in [-0.25, -0.2) is 0 Å². The van der Waals surface area contributed by atoms with Crippen LogP contribution in [0.25, 0.3) is 11.1 Å². The van der Waals surface area contributed by atoms with Crippen LogP contribution in [0, 0.1) is 0 Å². The highest BCUT2D eigenvalue weighted by molar-refractivity contribution is 6.39. The van der Waals surface area contributed by atoms with Crippen LogP contribution in [0.2, 0.25) is 0 Å². The molecule has 2 aromatic rings. The van der Waals surface area contributed by atoms with E-state index in [1.807, 2.05) is 30.3 Å². The van der Waals surface area contributed by atoms with E-state index in [0.717, 1.165) is 17.7 Å². The van der Waals surface area contributed by atoms with Crippen LogP contribution in [0.4, 0.5) is 5.69 Å². The fourth-order valence-electron chi connectivity index (χ4n) is 3.72. The van der Waals surface area contributed by atoms with Crippen molar-refractivity contribution < 1.29 is 9.59 Å². The Labute approximate surface area is 166 Å². The number of hydrogen-bond acceptors (Lipinski definition) is 4. The van der Waals surface area contributed by atoms with Gasteiger partial charge >= 0.3 is 11.8 Å². The molecule has 148 valence electrons. The van der Waals surface area contributed by atoms with Crippen molar-refractivity contribution >= 4 is 17.5 Å². The minimum Gasteiger partial charge on any atom is -0.346 e. The number of hydrogen-bond donors (Lipinski definition) is 2. The molecule has 2 amide bonds. The van der Waals surface area contributed by atoms with Crippen LogP contribution >= 0.6 is 0 Å². The Balaban J connectivity index is 1.54. The van der Waals surface area contributed by atoms with Crippen LogP contribution in [-0.2, 0) is 9.59 Å². The molecule has 1 saturated heterocycles. The molecule has 0 radical (unpaired) electrons. The molecular formula is C22H28N4O2. The third kappa shape index (κ3) is 5.16. The lowest BCUT2D eigenvalue weighted by Crippen LogP contribution is -2.49. The van der Waals surface area contributed by atoms with Gasteiger partial charge in [-0.05, 0) is 68.6 Å². The summed E-state index contributed by atoms with van der Waals surface area (Å²) in [5, 5.41) is 5.45. The average Bonchev–Trinajstić information content (AvgIpc) is 2.73. The lowest BCUT2D eigenvalue weighted by Gasteiger charge is -2.38. The lowest BCUT2D eigenvalue weighted by atomic mass is 10.0. The smallest absolute Gasteiger partial charge is 0.313 e. The fraction of sp³-hybridized carbons (Fsp3) is 0.409. The van der Waals surface area contributed by atoms with E-state index in [9.17, 15) is 9.59 Å². The van der Waals surface area contributed by atoms with E-state index in [1.165, 1.54) is 19.3 Å². The van der Waals surface area contributed by atoms with Gasteiger partial charge in [0.2, 0.25) is 0 Å². The summed E-state index contributed by atoms with van der Waals surface area (Å²) in [5.41, 5.74) is 2.54. The maximum atomic E-state index is 12.3. The van der Waals surface area contributed by atoms with Crippen LogP contribution in [0.1, 0.15) is 33.1 Å². The second kappa shape index (κ2) is 9.46. The zero-order valence-electron chi connectivity index (χ0n) is 16.5. The normalized spacial score (nSPS) is 18.3. The van der Waals surface area contributed by atoms with Gasteiger partial charge in [-0.3, -0.25) is 19.5 Å². The minimum atomic E-state index is -0.647. The third-order valence-corrected chi connectivity index (χ3v) is 5.32. The molecule has 0 aliphatic carbocycles. The average molecular weight is 380 g/mol. The van der Waals surface area contributed by atoms with Crippen molar-refractivity contribution in [3.63, 3.8) is 0 Å². The quantitative estimate of drug-likeness (QED) is 0.782. The molecule has 2 N–H and O–H groups in total. The number of aromatic nitrogens is 1. The molecule has 2 heterocycles. The molecule has 1 aromatic heterocycles. The highest BCUT2D eigenvalue weighted by Gasteiger charge is 2.24. The van der Waals surface area contributed by atoms with Crippen LogP contribution in [0.15, 0.2) is 48.8 Å². The van der Waals surface area contributed by atoms with E-state index in [-0.39, 0.29) is 6.04 Å². The van der Waals surface area contributed by atoms with Gasteiger partial charge in [0.25, 0.3) is 0 Å². The molecule has 1 aliphatic rings. The second-order valence-electron chi connectivity index (χ2n) is 7.41. The van der Waals surface area contributed by atoms with Gasteiger partial charge in [-0.1, -0.05) is 18.6 Å². The molecule has 1 aromatic carbocycles. The van der Waals surface area contributed by atoms with Crippen LogP contribution in [-0.4, -0.2) is 46.9 Å². The third-order valence-electron chi connectivity index (χ3n) is 5.32. The van der Waals surface area contributed by atoms with Gasteiger partial charge in [-0.15, -0.1) is 0 Å². The SMILES string of the molecule is CC1CCCCN1C(C)CNC(=O)C(=O)Nc1cccc(-c2ccncc2)c1. The molecule has 6 heteroatoms. The number of rotatable bonds is 5.